The molecule has 6 heteroatoms. The number of aryl methyl sites for hydroxylation is 2. The summed E-state index contributed by atoms with van der Waals surface area (Å²) in [5.74, 6) is -0.741. The summed E-state index contributed by atoms with van der Waals surface area (Å²) in [6, 6.07) is 15.1. The van der Waals surface area contributed by atoms with E-state index in [-0.39, 0.29) is 18.2 Å². The molecule has 0 aliphatic heterocycles. The highest BCUT2D eigenvalue weighted by Crippen LogP contribution is 2.23. The van der Waals surface area contributed by atoms with Gasteiger partial charge >= 0.3 is 0 Å². The molecule has 1 aromatic heterocycles. The van der Waals surface area contributed by atoms with Gasteiger partial charge in [0.2, 0.25) is 0 Å². The van der Waals surface area contributed by atoms with Crippen LogP contribution >= 0.6 is 0 Å². The van der Waals surface area contributed by atoms with Crippen molar-refractivity contribution >= 4 is 28.8 Å². The van der Waals surface area contributed by atoms with Gasteiger partial charge in [-0.25, -0.2) is 0 Å². The van der Waals surface area contributed by atoms with Gasteiger partial charge in [0.25, 0.3) is 11.8 Å². The van der Waals surface area contributed by atoms with Crippen LogP contribution in [0.4, 0.5) is 0 Å². The number of benzene rings is 2. The Morgan fingerprint density at radius 2 is 1.83 bits per heavy atom. The van der Waals surface area contributed by atoms with Crippen molar-refractivity contribution in [2.45, 2.75) is 26.8 Å². The predicted octanol–water partition coefficient (Wildman–Crippen LogP) is 3.24. The van der Waals surface area contributed by atoms with E-state index in [1.54, 1.807) is 18.2 Å². The second-order valence-corrected chi connectivity index (χ2v) is 7.10. The molecule has 3 aromatic rings. The van der Waals surface area contributed by atoms with Crippen LogP contribution < -0.4 is 10.6 Å². The standard InChI is InChI=1S/C24H27N3O3/c1-3-27-16-19(20-7-4-5-8-22(20)27)15-21(24(30)25-13-6-14-28)26-23(29)18-11-9-17(2)10-12-18/h4-5,7-12,15-16,28H,3,6,13-14H2,1-2H3,(H,25,30)(H,26,29)/b21-15-. The maximum absolute atomic E-state index is 12.8. The quantitative estimate of drug-likeness (QED) is 0.397. The smallest absolute Gasteiger partial charge is 0.267 e. The van der Waals surface area contributed by atoms with E-state index in [4.69, 9.17) is 5.11 Å². The maximum Gasteiger partial charge on any atom is 0.267 e. The lowest BCUT2D eigenvalue weighted by atomic mass is 10.1. The van der Waals surface area contributed by atoms with Crippen molar-refractivity contribution in [3.63, 3.8) is 0 Å². The minimum absolute atomic E-state index is 0.0148. The number of hydrogen-bond acceptors (Lipinski definition) is 3. The number of para-hydroxylation sites is 1. The number of carbonyl (C=O) groups is 2. The normalized spacial score (nSPS) is 11.5. The number of carbonyl (C=O) groups excluding carboxylic acids is 2. The van der Waals surface area contributed by atoms with E-state index in [0.29, 0.717) is 18.5 Å². The van der Waals surface area contributed by atoms with E-state index in [1.807, 2.05) is 49.5 Å². The molecule has 30 heavy (non-hydrogen) atoms. The summed E-state index contributed by atoms with van der Waals surface area (Å²) in [4.78, 5) is 25.5. The van der Waals surface area contributed by atoms with Crippen LogP contribution in [-0.2, 0) is 11.3 Å². The highest BCUT2D eigenvalue weighted by atomic mass is 16.3. The number of nitrogens with one attached hydrogen (secondary N) is 2. The first-order valence-corrected chi connectivity index (χ1v) is 10.1. The second-order valence-electron chi connectivity index (χ2n) is 7.10. The Bertz CT molecular complexity index is 1060. The summed E-state index contributed by atoms with van der Waals surface area (Å²) in [5, 5.41) is 15.5. The molecule has 156 valence electrons. The van der Waals surface area contributed by atoms with Gasteiger partial charge in [-0.15, -0.1) is 0 Å². The molecular weight excluding hydrogens is 378 g/mol. The maximum atomic E-state index is 12.8. The van der Waals surface area contributed by atoms with Crippen LogP contribution in [0, 0.1) is 6.92 Å². The molecule has 0 saturated heterocycles. The van der Waals surface area contributed by atoms with Crippen molar-refractivity contribution in [3.05, 3.63) is 77.1 Å². The first kappa shape index (κ1) is 21.3. The van der Waals surface area contributed by atoms with Gasteiger partial charge in [-0.05, 0) is 44.5 Å². The number of hydrogen-bond donors (Lipinski definition) is 3. The lowest BCUT2D eigenvalue weighted by molar-refractivity contribution is -0.117. The molecule has 0 bridgehead atoms. The third-order valence-corrected chi connectivity index (χ3v) is 4.89. The highest BCUT2D eigenvalue weighted by molar-refractivity contribution is 6.06. The summed E-state index contributed by atoms with van der Waals surface area (Å²) >= 11 is 0. The molecule has 3 N–H and O–H groups in total. The van der Waals surface area contributed by atoms with Gasteiger partial charge in [0.1, 0.15) is 5.70 Å². The zero-order valence-electron chi connectivity index (χ0n) is 17.3. The molecule has 0 saturated carbocycles. The lowest BCUT2D eigenvalue weighted by Crippen LogP contribution is -2.35. The number of aliphatic hydroxyl groups excluding tert-OH is 1. The van der Waals surface area contributed by atoms with E-state index in [2.05, 4.69) is 22.1 Å². The van der Waals surface area contributed by atoms with Gasteiger partial charge in [0.05, 0.1) is 0 Å². The molecule has 1 heterocycles. The molecule has 0 aliphatic carbocycles. The van der Waals surface area contributed by atoms with Crippen molar-refractivity contribution in [2.24, 2.45) is 0 Å². The summed E-state index contributed by atoms with van der Waals surface area (Å²) in [5.41, 5.74) is 3.61. The van der Waals surface area contributed by atoms with E-state index < -0.39 is 5.91 Å². The van der Waals surface area contributed by atoms with E-state index >= 15 is 0 Å². The topological polar surface area (TPSA) is 83.4 Å². The number of rotatable bonds is 8. The van der Waals surface area contributed by atoms with E-state index in [0.717, 1.165) is 28.6 Å². The van der Waals surface area contributed by atoms with Gasteiger partial charge in [0, 0.05) is 47.9 Å². The molecular formula is C24H27N3O3. The Labute approximate surface area is 176 Å². The SMILES string of the molecule is CCn1cc(/C=C(\NC(=O)c2ccc(C)cc2)C(=O)NCCCO)c2ccccc21. The zero-order chi connectivity index (χ0) is 21.5. The number of fused-ring (bicyclic) bond motifs is 1. The van der Waals surface area contributed by atoms with Crippen LogP contribution in [0.5, 0.6) is 0 Å². The van der Waals surface area contributed by atoms with Crippen molar-refractivity contribution < 1.29 is 14.7 Å². The Morgan fingerprint density at radius 3 is 2.53 bits per heavy atom. The van der Waals surface area contributed by atoms with Crippen LogP contribution in [0.2, 0.25) is 0 Å². The average molecular weight is 405 g/mol. The van der Waals surface area contributed by atoms with Gasteiger partial charge in [-0.3, -0.25) is 9.59 Å². The van der Waals surface area contributed by atoms with Crippen LogP contribution in [0.25, 0.3) is 17.0 Å². The monoisotopic (exact) mass is 405 g/mol. The lowest BCUT2D eigenvalue weighted by Gasteiger charge is -2.11. The molecule has 0 radical (unpaired) electrons. The molecule has 0 aliphatic rings. The molecule has 0 fully saturated rings. The summed E-state index contributed by atoms with van der Waals surface area (Å²) in [7, 11) is 0. The van der Waals surface area contributed by atoms with Crippen LogP contribution in [0.1, 0.15) is 34.8 Å². The molecule has 0 atom stereocenters. The summed E-state index contributed by atoms with van der Waals surface area (Å²) in [6.45, 7) is 5.11. The Kier molecular flexibility index (Phi) is 7.03. The summed E-state index contributed by atoms with van der Waals surface area (Å²) < 4.78 is 2.10. The number of nitrogens with zero attached hydrogens (tertiary/aromatic N) is 1. The third kappa shape index (κ3) is 4.96. The zero-order valence-corrected chi connectivity index (χ0v) is 17.3. The third-order valence-electron chi connectivity index (χ3n) is 4.89. The number of aromatic nitrogens is 1. The largest absolute Gasteiger partial charge is 0.396 e. The second kappa shape index (κ2) is 9.89. The van der Waals surface area contributed by atoms with Crippen LogP contribution in [0.3, 0.4) is 0 Å². The molecule has 2 amide bonds. The van der Waals surface area contributed by atoms with Crippen molar-refractivity contribution in [1.82, 2.24) is 15.2 Å². The first-order chi connectivity index (χ1) is 14.5. The Morgan fingerprint density at radius 1 is 1.10 bits per heavy atom. The fourth-order valence-electron chi connectivity index (χ4n) is 3.24. The summed E-state index contributed by atoms with van der Waals surface area (Å²) in [6.07, 6.45) is 4.12. The fraction of sp³-hybridized carbons (Fsp3) is 0.250. The molecule has 0 unspecified atom stereocenters. The van der Waals surface area contributed by atoms with Gasteiger partial charge in [-0.2, -0.15) is 0 Å². The average Bonchev–Trinajstić information content (AvgIpc) is 3.11. The van der Waals surface area contributed by atoms with Crippen molar-refractivity contribution in [2.75, 3.05) is 13.2 Å². The first-order valence-electron chi connectivity index (χ1n) is 10.1. The molecule has 2 aromatic carbocycles. The Balaban J connectivity index is 1.96. The van der Waals surface area contributed by atoms with E-state index in [9.17, 15) is 9.59 Å². The van der Waals surface area contributed by atoms with Crippen LogP contribution in [0.15, 0.2) is 60.4 Å². The number of amides is 2. The molecule has 3 rings (SSSR count). The van der Waals surface area contributed by atoms with Crippen LogP contribution in [-0.4, -0.2) is 34.6 Å². The fourth-order valence-corrected chi connectivity index (χ4v) is 3.24. The van der Waals surface area contributed by atoms with Crippen molar-refractivity contribution in [1.29, 1.82) is 0 Å². The highest BCUT2D eigenvalue weighted by Gasteiger charge is 2.16. The van der Waals surface area contributed by atoms with Crippen molar-refractivity contribution in [3.8, 4) is 0 Å². The minimum atomic E-state index is -0.391. The molecule has 6 nitrogen and oxygen atoms in total. The van der Waals surface area contributed by atoms with E-state index in [1.165, 1.54) is 0 Å². The predicted molar refractivity (Wildman–Crippen MR) is 119 cm³/mol. The molecule has 0 spiro atoms. The van der Waals surface area contributed by atoms with Gasteiger partial charge in [-0.1, -0.05) is 35.9 Å². The van der Waals surface area contributed by atoms with Gasteiger partial charge in [0.15, 0.2) is 0 Å². The number of aliphatic hydroxyl groups is 1. The minimum Gasteiger partial charge on any atom is -0.396 e. The van der Waals surface area contributed by atoms with Gasteiger partial charge < -0.3 is 20.3 Å². The Hall–Kier alpha value is -3.38.